The third-order valence-corrected chi connectivity index (χ3v) is 2.58. The topological polar surface area (TPSA) is 17.1 Å². The first-order valence-corrected chi connectivity index (χ1v) is 6.50. The van der Waals surface area contributed by atoms with Gasteiger partial charge in [0.25, 0.3) is 0 Å². The van der Waals surface area contributed by atoms with E-state index in [4.69, 9.17) is 0 Å². The van der Waals surface area contributed by atoms with Gasteiger partial charge in [-0.15, -0.1) is 0 Å². The van der Waals surface area contributed by atoms with E-state index in [1.54, 1.807) is 0 Å². The molecule has 0 aromatic rings. The van der Waals surface area contributed by atoms with E-state index in [1.165, 1.54) is 51.4 Å². The van der Waals surface area contributed by atoms with Crippen molar-refractivity contribution in [1.82, 2.24) is 0 Å². The van der Waals surface area contributed by atoms with Crippen LogP contribution in [0.1, 0.15) is 71.1 Å². The molecule has 0 rings (SSSR count). The molecule has 0 saturated carbocycles. The minimum absolute atomic E-state index is 0.743. The summed E-state index contributed by atoms with van der Waals surface area (Å²) in [5.74, 6) is 0. The van der Waals surface area contributed by atoms with E-state index in [9.17, 15) is 4.79 Å². The molecule has 0 saturated heterocycles. The second-order valence-corrected chi connectivity index (χ2v) is 4.13. The lowest BCUT2D eigenvalue weighted by atomic mass is 10.1. The van der Waals surface area contributed by atoms with Crippen LogP contribution in [-0.4, -0.2) is 6.29 Å². The predicted molar refractivity (Wildman–Crippen MR) is 67.0 cm³/mol. The van der Waals surface area contributed by atoms with Crippen LogP contribution in [0.25, 0.3) is 0 Å². The summed E-state index contributed by atoms with van der Waals surface area (Å²) in [4.78, 5) is 10.1. The summed E-state index contributed by atoms with van der Waals surface area (Å²) in [5.41, 5.74) is 0. The molecule has 0 aliphatic carbocycles. The van der Waals surface area contributed by atoms with Gasteiger partial charge in [-0.3, -0.25) is 0 Å². The molecule has 0 unspecified atom stereocenters. The lowest BCUT2D eigenvalue weighted by Gasteiger charge is -1.96. The molecule has 0 N–H and O–H groups in total. The summed E-state index contributed by atoms with van der Waals surface area (Å²) in [6.07, 6.45) is 17.7. The van der Waals surface area contributed by atoms with Crippen LogP contribution in [0.5, 0.6) is 0 Å². The van der Waals surface area contributed by atoms with Crippen molar-refractivity contribution >= 4 is 6.29 Å². The summed E-state index contributed by atoms with van der Waals surface area (Å²) in [5, 5.41) is 0. The summed E-state index contributed by atoms with van der Waals surface area (Å²) >= 11 is 0. The molecule has 0 heterocycles. The van der Waals surface area contributed by atoms with Gasteiger partial charge in [0.05, 0.1) is 0 Å². The van der Waals surface area contributed by atoms with Crippen molar-refractivity contribution in [3.63, 3.8) is 0 Å². The van der Waals surface area contributed by atoms with Crippen LogP contribution in [0.15, 0.2) is 12.2 Å². The Bertz CT molecular complexity index is 149. The number of rotatable bonds is 11. The Kier molecular flexibility index (Phi) is 12.9. The van der Waals surface area contributed by atoms with Crippen molar-refractivity contribution in [2.45, 2.75) is 71.1 Å². The largest absolute Gasteiger partial charge is 0.303 e. The molecule has 1 nitrogen and oxygen atoms in total. The Morgan fingerprint density at radius 2 is 1.27 bits per heavy atom. The van der Waals surface area contributed by atoms with E-state index in [0.29, 0.717) is 0 Å². The fourth-order valence-corrected chi connectivity index (χ4v) is 1.59. The van der Waals surface area contributed by atoms with Gasteiger partial charge in [0, 0.05) is 6.42 Å². The number of hydrogen-bond donors (Lipinski definition) is 0. The SMILES string of the molecule is CCCCC/C=C\CCCCCCC=O. The van der Waals surface area contributed by atoms with Gasteiger partial charge in [-0.2, -0.15) is 0 Å². The number of hydrogen-bond acceptors (Lipinski definition) is 1. The minimum atomic E-state index is 0.743. The molecule has 15 heavy (non-hydrogen) atoms. The highest BCUT2D eigenvalue weighted by molar-refractivity contribution is 5.48. The Labute approximate surface area is 95.0 Å². The van der Waals surface area contributed by atoms with Crippen LogP contribution in [0.4, 0.5) is 0 Å². The average Bonchev–Trinajstić information content (AvgIpc) is 2.26. The second kappa shape index (κ2) is 13.4. The van der Waals surface area contributed by atoms with Crippen molar-refractivity contribution in [1.29, 1.82) is 0 Å². The maximum atomic E-state index is 10.1. The highest BCUT2D eigenvalue weighted by Gasteiger charge is 1.88. The maximum absolute atomic E-state index is 10.1. The maximum Gasteiger partial charge on any atom is 0.119 e. The Morgan fingerprint density at radius 1 is 0.733 bits per heavy atom. The monoisotopic (exact) mass is 210 g/mol. The normalized spacial score (nSPS) is 11.0. The molecule has 0 amide bonds. The summed E-state index contributed by atoms with van der Waals surface area (Å²) < 4.78 is 0. The first kappa shape index (κ1) is 14.4. The molecule has 0 aromatic heterocycles. The Hall–Kier alpha value is -0.590. The molecular formula is C14H26O. The molecule has 0 aromatic carbocycles. The number of unbranched alkanes of at least 4 members (excludes halogenated alkanes) is 8. The van der Waals surface area contributed by atoms with E-state index in [1.807, 2.05) is 0 Å². The highest BCUT2D eigenvalue weighted by Crippen LogP contribution is 2.06. The third kappa shape index (κ3) is 13.4. The van der Waals surface area contributed by atoms with Crippen LogP contribution in [-0.2, 0) is 4.79 Å². The van der Waals surface area contributed by atoms with Crippen molar-refractivity contribution in [3.05, 3.63) is 12.2 Å². The van der Waals surface area contributed by atoms with E-state index in [-0.39, 0.29) is 0 Å². The van der Waals surface area contributed by atoms with Crippen molar-refractivity contribution in [2.75, 3.05) is 0 Å². The van der Waals surface area contributed by atoms with Gasteiger partial charge in [0.15, 0.2) is 0 Å². The van der Waals surface area contributed by atoms with Crippen molar-refractivity contribution < 1.29 is 4.79 Å². The summed E-state index contributed by atoms with van der Waals surface area (Å²) in [6, 6.07) is 0. The minimum Gasteiger partial charge on any atom is -0.303 e. The summed E-state index contributed by atoms with van der Waals surface area (Å²) in [7, 11) is 0. The van der Waals surface area contributed by atoms with Crippen LogP contribution in [0.2, 0.25) is 0 Å². The molecular weight excluding hydrogens is 184 g/mol. The van der Waals surface area contributed by atoms with Crippen LogP contribution < -0.4 is 0 Å². The van der Waals surface area contributed by atoms with Crippen LogP contribution >= 0.6 is 0 Å². The average molecular weight is 210 g/mol. The van der Waals surface area contributed by atoms with E-state index in [0.717, 1.165) is 19.1 Å². The first-order valence-electron chi connectivity index (χ1n) is 6.50. The second-order valence-electron chi connectivity index (χ2n) is 4.13. The molecule has 0 radical (unpaired) electrons. The zero-order valence-electron chi connectivity index (χ0n) is 10.2. The highest BCUT2D eigenvalue weighted by atomic mass is 16.1. The van der Waals surface area contributed by atoms with Gasteiger partial charge in [-0.05, 0) is 32.1 Å². The van der Waals surface area contributed by atoms with E-state index in [2.05, 4.69) is 19.1 Å². The number of carbonyl (C=O) groups is 1. The Morgan fingerprint density at radius 3 is 1.80 bits per heavy atom. The molecule has 0 spiro atoms. The molecule has 1 heteroatoms. The lowest BCUT2D eigenvalue weighted by Crippen LogP contribution is -1.79. The van der Waals surface area contributed by atoms with Gasteiger partial charge < -0.3 is 4.79 Å². The number of aldehydes is 1. The number of carbonyl (C=O) groups excluding carboxylic acids is 1. The third-order valence-electron chi connectivity index (χ3n) is 2.58. The van der Waals surface area contributed by atoms with Gasteiger partial charge in [-0.25, -0.2) is 0 Å². The van der Waals surface area contributed by atoms with Crippen LogP contribution in [0.3, 0.4) is 0 Å². The standard InChI is InChI=1S/C14H26O/c1-2-3-4-5-6-7-8-9-10-11-12-13-14-15/h6-7,14H,2-5,8-13H2,1H3/b7-6-. The Balaban J connectivity index is 2.99. The fourth-order valence-electron chi connectivity index (χ4n) is 1.59. The molecule has 0 fully saturated rings. The molecule has 0 aliphatic heterocycles. The van der Waals surface area contributed by atoms with Crippen molar-refractivity contribution in [2.24, 2.45) is 0 Å². The van der Waals surface area contributed by atoms with Gasteiger partial charge in [0.2, 0.25) is 0 Å². The number of allylic oxidation sites excluding steroid dienone is 2. The lowest BCUT2D eigenvalue weighted by molar-refractivity contribution is -0.107. The molecule has 0 atom stereocenters. The van der Waals surface area contributed by atoms with E-state index < -0.39 is 0 Å². The quantitative estimate of drug-likeness (QED) is 0.275. The zero-order chi connectivity index (χ0) is 11.2. The fraction of sp³-hybridized carbons (Fsp3) is 0.786. The molecule has 0 aliphatic rings. The molecule has 88 valence electrons. The molecule has 0 bridgehead atoms. The van der Waals surface area contributed by atoms with Gasteiger partial charge in [0.1, 0.15) is 6.29 Å². The first-order chi connectivity index (χ1) is 7.41. The van der Waals surface area contributed by atoms with Gasteiger partial charge in [-0.1, -0.05) is 44.8 Å². The van der Waals surface area contributed by atoms with Gasteiger partial charge >= 0.3 is 0 Å². The van der Waals surface area contributed by atoms with E-state index >= 15 is 0 Å². The predicted octanol–water partition coefficient (Wildman–Crippen LogP) is 4.66. The van der Waals surface area contributed by atoms with Crippen molar-refractivity contribution in [3.8, 4) is 0 Å². The zero-order valence-corrected chi connectivity index (χ0v) is 10.2. The summed E-state index contributed by atoms with van der Waals surface area (Å²) in [6.45, 7) is 2.24. The smallest absolute Gasteiger partial charge is 0.119 e. The van der Waals surface area contributed by atoms with Crippen LogP contribution in [0, 0.1) is 0 Å².